The lowest BCUT2D eigenvalue weighted by molar-refractivity contribution is 0.0945. The molecule has 120 valence electrons. The van der Waals surface area contributed by atoms with Gasteiger partial charge in [-0.15, -0.1) is 0 Å². The van der Waals surface area contributed by atoms with Crippen LogP contribution in [-0.4, -0.2) is 22.9 Å². The lowest BCUT2D eigenvalue weighted by Crippen LogP contribution is -2.24. The SMILES string of the molecule is CN(c1ccccc1)c1cnc(C(=O)NCc2ccccc2)cn1. The van der Waals surface area contributed by atoms with Crippen LogP contribution >= 0.6 is 0 Å². The van der Waals surface area contributed by atoms with E-state index >= 15 is 0 Å². The molecule has 1 N–H and O–H groups in total. The van der Waals surface area contributed by atoms with Crippen LogP contribution in [0.2, 0.25) is 0 Å². The van der Waals surface area contributed by atoms with Crippen LogP contribution in [0.1, 0.15) is 16.1 Å². The molecule has 0 aliphatic rings. The average Bonchev–Trinajstić information content (AvgIpc) is 2.67. The Labute approximate surface area is 141 Å². The van der Waals surface area contributed by atoms with Gasteiger partial charge in [0.25, 0.3) is 5.91 Å². The van der Waals surface area contributed by atoms with E-state index in [-0.39, 0.29) is 5.91 Å². The van der Waals surface area contributed by atoms with E-state index in [0.717, 1.165) is 11.3 Å². The third-order valence-electron chi connectivity index (χ3n) is 3.65. The third kappa shape index (κ3) is 3.76. The highest BCUT2D eigenvalue weighted by Crippen LogP contribution is 2.19. The lowest BCUT2D eigenvalue weighted by atomic mass is 10.2. The van der Waals surface area contributed by atoms with Crippen LogP contribution in [-0.2, 0) is 6.54 Å². The maximum atomic E-state index is 12.1. The number of anilines is 2. The second kappa shape index (κ2) is 7.37. The molecule has 0 saturated heterocycles. The minimum absolute atomic E-state index is 0.236. The van der Waals surface area contributed by atoms with Crippen LogP contribution in [0.3, 0.4) is 0 Å². The summed E-state index contributed by atoms with van der Waals surface area (Å²) in [6.07, 6.45) is 3.10. The molecule has 1 heterocycles. The maximum absolute atomic E-state index is 12.1. The van der Waals surface area contributed by atoms with E-state index in [2.05, 4.69) is 15.3 Å². The van der Waals surface area contributed by atoms with Crippen molar-refractivity contribution < 1.29 is 4.79 Å². The van der Waals surface area contributed by atoms with Gasteiger partial charge < -0.3 is 10.2 Å². The van der Waals surface area contributed by atoms with Crippen LogP contribution in [0.15, 0.2) is 73.1 Å². The largest absolute Gasteiger partial charge is 0.347 e. The first kappa shape index (κ1) is 15.7. The molecule has 1 aromatic heterocycles. The second-order valence-electron chi connectivity index (χ2n) is 5.32. The fraction of sp³-hybridized carbons (Fsp3) is 0.105. The zero-order chi connectivity index (χ0) is 16.8. The highest BCUT2D eigenvalue weighted by Gasteiger charge is 2.10. The minimum atomic E-state index is -0.236. The van der Waals surface area contributed by atoms with Crippen LogP contribution in [0, 0.1) is 0 Å². The van der Waals surface area contributed by atoms with E-state index in [1.165, 1.54) is 6.20 Å². The van der Waals surface area contributed by atoms with E-state index in [0.29, 0.717) is 18.1 Å². The molecule has 5 nitrogen and oxygen atoms in total. The number of hydrogen-bond donors (Lipinski definition) is 1. The van der Waals surface area contributed by atoms with Gasteiger partial charge in [0.1, 0.15) is 5.69 Å². The molecule has 0 aliphatic carbocycles. The molecule has 0 spiro atoms. The van der Waals surface area contributed by atoms with Crippen LogP contribution in [0.4, 0.5) is 11.5 Å². The van der Waals surface area contributed by atoms with Crippen molar-refractivity contribution in [2.24, 2.45) is 0 Å². The van der Waals surface area contributed by atoms with Crippen LogP contribution < -0.4 is 10.2 Å². The summed E-state index contributed by atoms with van der Waals surface area (Å²) in [6.45, 7) is 0.465. The molecular weight excluding hydrogens is 300 g/mol. The average molecular weight is 318 g/mol. The fourth-order valence-electron chi connectivity index (χ4n) is 2.26. The van der Waals surface area contributed by atoms with Crippen molar-refractivity contribution in [1.29, 1.82) is 0 Å². The Bertz CT molecular complexity index is 789. The molecule has 0 atom stereocenters. The summed E-state index contributed by atoms with van der Waals surface area (Å²) in [5.41, 5.74) is 2.35. The molecule has 0 aliphatic heterocycles. The van der Waals surface area contributed by atoms with E-state index in [1.807, 2.05) is 72.6 Å². The molecule has 5 heteroatoms. The highest BCUT2D eigenvalue weighted by atomic mass is 16.1. The highest BCUT2D eigenvalue weighted by molar-refractivity contribution is 5.92. The van der Waals surface area contributed by atoms with Gasteiger partial charge in [-0.1, -0.05) is 48.5 Å². The summed E-state index contributed by atoms with van der Waals surface area (Å²) in [5.74, 6) is 0.445. The van der Waals surface area contributed by atoms with E-state index in [1.54, 1.807) is 6.20 Å². The first-order chi connectivity index (χ1) is 11.7. The Morgan fingerprint density at radius 1 is 0.958 bits per heavy atom. The number of benzene rings is 2. The zero-order valence-electron chi connectivity index (χ0n) is 13.4. The normalized spacial score (nSPS) is 10.2. The van der Waals surface area contributed by atoms with Crippen molar-refractivity contribution in [3.05, 3.63) is 84.3 Å². The first-order valence-electron chi connectivity index (χ1n) is 7.67. The van der Waals surface area contributed by atoms with Crippen LogP contribution in [0.5, 0.6) is 0 Å². The van der Waals surface area contributed by atoms with Crippen molar-refractivity contribution in [1.82, 2.24) is 15.3 Å². The van der Waals surface area contributed by atoms with Gasteiger partial charge in [0.15, 0.2) is 5.82 Å². The van der Waals surface area contributed by atoms with Crippen molar-refractivity contribution in [2.45, 2.75) is 6.54 Å². The summed E-state index contributed by atoms with van der Waals surface area (Å²) in [7, 11) is 1.91. The van der Waals surface area contributed by atoms with E-state index < -0.39 is 0 Å². The van der Waals surface area contributed by atoms with Crippen LogP contribution in [0.25, 0.3) is 0 Å². The number of carbonyl (C=O) groups excluding carboxylic acids is 1. The quantitative estimate of drug-likeness (QED) is 0.785. The number of rotatable bonds is 5. The Balaban J connectivity index is 1.64. The van der Waals surface area contributed by atoms with Gasteiger partial charge in [-0.3, -0.25) is 4.79 Å². The number of nitrogens with zero attached hydrogens (tertiary/aromatic N) is 3. The van der Waals surface area contributed by atoms with E-state index in [9.17, 15) is 4.79 Å². The van der Waals surface area contributed by atoms with Gasteiger partial charge in [0, 0.05) is 19.3 Å². The van der Waals surface area contributed by atoms with Gasteiger partial charge in [-0.05, 0) is 17.7 Å². The van der Waals surface area contributed by atoms with Gasteiger partial charge in [0.05, 0.1) is 12.4 Å². The molecule has 2 aromatic carbocycles. The van der Waals surface area contributed by atoms with Gasteiger partial charge in [0.2, 0.25) is 0 Å². The predicted molar refractivity (Wildman–Crippen MR) is 94.1 cm³/mol. The number of hydrogen-bond acceptors (Lipinski definition) is 4. The summed E-state index contributed by atoms with van der Waals surface area (Å²) in [4.78, 5) is 22.6. The number of para-hydroxylation sites is 1. The lowest BCUT2D eigenvalue weighted by Gasteiger charge is -2.17. The second-order valence-corrected chi connectivity index (χ2v) is 5.32. The van der Waals surface area contributed by atoms with Crippen molar-refractivity contribution in [3.8, 4) is 0 Å². The molecule has 3 rings (SSSR count). The Morgan fingerprint density at radius 2 is 1.62 bits per heavy atom. The molecule has 0 bridgehead atoms. The molecular formula is C19H18N4O. The molecule has 3 aromatic rings. The summed E-state index contributed by atoms with van der Waals surface area (Å²) >= 11 is 0. The molecule has 0 radical (unpaired) electrons. The first-order valence-corrected chi connectivity index (χ1v) is 7.67. The molecule has 24 heavy (non-hydrogen) atoms. The third-order valence-corrected chi connectivity index (χ3v) is 3.65. The summed E-state index contributed by atoms with van der Waals surface area (Å²) < 4.78 is 0. The van der Waals surface area contributed by atoms with Crippen molar-refractivity contribution >= 4 is 17.4 Å². The number of carbonyl (C=O) groups is 1. The molecule has 0 unspecified atom stereocenters. The Kier molecular flexibility index (Phi) is 4.81. The molecule has 1 amide bonds. The van der Waals surface area contributed by atoms with Gasteiger partial charge in [-0.2, -0.15) is 0 Å². The van der Waals surface area contributed by atoms with Gasteiger partial charge in [-0.25, -0.2) is 9.97 Å². The summed E-state index contributed by atoms with van der Waals surface area (Å²) in [5, 5.41) is 2.84. The topological polar surface area (TPSA) is 58.1 Å². The number of nitrogens with one attached hydrogen (secondary N) is 1. The Hall–Kier alpha value is -3.21. The zero-order valence-corrected chi connectivity index (χ0v) is 13.4. The van der Waals surface area contributed by atoms with E-state index in [4.69, 9.17) is 0 Å². The van der Waals surface area contributed by atoms with Crippen molar-refractivity contribution in [3.63, 3.8) is 0 Å². The number of aromatic nitrogens is 2. The maximum Gasteiger partial charge on any atom is 0.271 e. The monoisotopic (exact) mass is 318 g/mol. The summed E-state index contributed by atoms with van der Waals surface area (Å²) in [6, 6.07) is 19.6. The van der Waals surface area contributed by atoms with Crippen molar-refractivity contribution in [2.75, 3.05) is 11.9 Å². The smallest absolute Gasteiger partial charge is 0.271 e. The standard InChI is InChI=1S/C19H18N4O/c1-23(16-10-6-3-7-11-16)18-14-20-17(13-21-18)19(24)22-12-15-8-4-2-5-9-15/h2-11,13-14H,12H2,1H3,(H,22,24). The fourth-order valence-corrected chi connectivity index (χ4v) is 2.26. The molecule has 0 saturated carbocycles. The minimum Gasteiger partial charge on any atom is -0.347 e. The van der Waals surface area contributed by atoms with Gasteiger partial charge >= 0.3 is 0 Å². The predicted octanol–water partition coefficient (Wildman–Crippen LogP) is 3.17. The molecule has 0 fully saturated rings. The Morgan fingerprint density at radius 3 is 2.25 bits per heavy atom. The number of amides is 1.